The van der Waals surface area contributed by atoms with Gasteiger partial charge in [0.15, 0.2) is 23.3 Å². The highest BCUT2D eigenvalue weighted by atomic mass is 35.5. The summed E-state index contributed by atoms with van der Waals surface area (Å²) in [7, 11) is 0. The molecule has 3 rings (SSSR count). The topological polar surface area (TPSA) is 83.9 Å². The van der Waals surface area contributed by atoms with Crippen LogP contribution in [0.5, 0.6) is 0 Å². The first-order valence-electron chi connectivity index (χ1n) is 15.0. The SMILES string of the molecule is C=C/C(F)=C(\N=C)N1CC(C)(c2cccc(Cl)c2F)c2c(cnc(NC(CC)CCCCC)c2F)C1=O.CC(=O)OC(C)(C)C. The highest BCUT2D eigenvalue weighted by molar-refractivity contribution is 6.30. The predicted molar refractivity (Wildman–Crippen MR) is 174 cm³/mol. The summed E-state index contributed by atoms with van der Waals surface area (Å²) in [6.07, 6.45) is 6.80. The van der Waals surface area contributed by atoms with E-state index in [0.717, 1.165) is 43.1 Å². The van der Waals surface area contributed by atoms with Gasteiger partial charge in [0, 0.05) is 42.2 Å². The van der Waals surface area contributed by atoms with Crippen molar-refractivity contribution in [3.63, 3.8) is 0 Å². The van der Waals surface area contributed by atoms with Crippen molar-refractivity contribution in [2.75, 3.05) is 11.9 Å². The highest BCUT2D eigenvalue weighted by Crippen LogP contribution is 2.45. The fraction of sp³-hybridized carbons (Fsp3) is 0.471. The van der Waals surface area contributed by atoms with Gasteiger partial charge in [-0.2, -0.15) is 0 Å². The van der Waals surface area contributed by atoms with E-state index in [1.54, 1.807) is 13.0 Å². The molecule has 0 fully saturated rings. The van der Waals surface area contributed by atoms with Crippen LogP contribution < -0.4 is 5.32 Å². The van der Waals surface area contributed by atoms with Gasteiger partial charge in [0.1, 0.15) is 11.4 Å². The molecule has 0 bridgehead atoms. The summed E-state index contributed by atoms with van der Waals surface area (Å²) in [5.41, 5.74) is -1.92. The lowest BCUT2D eigenvalue weighted by molar-refractivity contribution is -0.151. The molecule has 1 amide bonds. The third-order valence-electron chi connectivity index (χ3n) is 7.31. The first-order chi connectivity index (χ1) is 21.1. The number of nitrogens with one attached hydrogen (secondary N) is 1. The molecule has 0 spiro atoms. The van der Waals surface area contributed by atoms with Crippen molar-refractivity contribution in [2.24, 2.45) is 4.99 Å². The molecule has 2 heterocycles. The van der Waals surface area contributed by atoms with E-state index in [4.69, 9.17) is 16.3 Å². The van der Waals surface area contributed by atoms with Gasteiger partial charge in [-0.25, -0.2) is 23.1 Å². The zero-order valence-corrected chi connectivity index (χ0v) is 28.0. The average Bonchev–Trinajstić information content (AvgIpc) is 2.96. The molecule has 1 aliphatic rings. The van der Waals surface area contributed by atoms with E-state index < -0.39 is 34.6 Å². The van der Waals surface area contributed by atoms with Crippen molar-refractivity contribution >= 4 is 36.0 Å². The monoisotopic (exact) mass is 648 g/mol. The molecular formula is C34H44ClF3N4O3. The summed E-state index contributed by atoms with van der Waals surface area (Å²) < 4.78 is 51.1. The van der Waals surface area contributed by atoms with Crippen molar-refractivity contribution in [1.82, 2.24) is 9.88 Å². The van der Waals surface area contributed by atoms with Gasteiger partial charge in [-0.1, -0.05) is 63.4 Å². The fourth-order valence-corrected chi connectivity index (χ4v) is 5.42. The number of rotatable bonds is 11. The van der Waals surface area contributed by atoms with E-state index >= 15 is 8.78 Å². The molecular weight excluding hydrogens is 605 g/mol. The summed E-state index contributed by atoms with van der Waals surface area (Å²) in [6.45, 7) is 19.1. The lowest BCUT2D eigenvalue weighted by atomic mass is 9.71. The molecule has 1 N–H and O–H groups in total. The first-order valence-corrected chi connectivity index (χ1v) is 15.3. The minimum absolute atomic E-state index is 0.0214. The molecule has 0 aliphatic carbocycles. The van der Waals surface area contributed by atoms with Crippen LogP contribution in [0.25, 0.3) is 0 Å². The van der Waals surface area contributed by atoms with Crippen molar-refractivity contribution in [3.05, 3.63) is 82.0 Å². The molecule has 246 valence electrons. The summed E-state index contributed by atoms with van der Waals surface area (Å²) in [4.78, 5) is 32.6. The van der Waals surface area contributed by atoms with Gasteiger partial charge >= 0.3 is 5.97 Å². The third kappa shape index (κ3) is 9.19. The predicted octanol–water partition coefficient (Wildman–Crippen LogP) is 8.92. The zero-order chi connectivity index (χ0) is 34.1. The van der Waals surface area contributed by atoms with Crippen molar-refractivity contribution in [3.8, 4) is 0 Å². The maximum atomic E-state index is 16.3. The standard InChI is InChI=1S/C28H32ClF3N4O.C6H12O2/c1-6-9-10-12-17(7-2)35-25-24(32)22-18(15-34-25)27(37)36(26(33-5)21(30)8-3)16-28(22,4)19-13-11-14-20(29)23(19)31;1-5(7)8-6(2,3)4/h8,11,13-15,17H,3,5-7,9-10,12,16H2,1-2,4H3,(H,34,35);1-4H3/b26-21-;. The number of unbranched alkanes of at least 4 members (excludes halogenated alkanes) is 2. The number of carbonyl (C=O) groups is 2. The Morgan fingerprint density at radius 1 is 1.27 bits per heavy atom. The van der Waals surface area contributed by atoms with E-state index in [1.165, 1.54) is 25.3 Å². The van der Waals surface area contributed by atoms with E-state index in [-0.39, 0.29) is 51.7 Å². The average molecular weight is 649 g/mol. The van der Waals surface area contributed by atoms with Crippen molar-refractivity contribution in [1.29, 1.82) is 0 Å². The number of pyridine rings is 1. The minimum atomic E-state index is -1.47. The van der Waals surface area contributed by atoms with Gasteiger partial charge < -0.3 is 10.1 Å². The number of aromatic nitrogens is 1. The summed E-state index contributed by atoms with van der Waals surface area (Å²) in [6, 6.07) is 4.36. The number of hydrogen-bond donors (Lipinski definition) is 1. The van der Waals surface area contributed by atoms with Gasteiger partial charge in [-0.15, -0.1) is 0 Å². The maximum Gasteiger partial charge on any atom is 0.303 e. The molecule has 1 aromatic carbocycles. The Labute approximate surface area is 269 Å². The van der Waals surface area contributed by atoms with Crippen LogP contribution in [-0.2, 0) is 14.9 Å². The maximum absolute atomic E-state index is 16.3. The second kappa shape index (κ2) is 16.1. The minimum Gasteiger partial charge on any atom is -0.460 e. The van der Waals surface area contributed by atoms with Crippen molar-refractivity contribution in [2.45, 2.75) is 97.6 Å². The highest BCUT2D eigenvalue weighted by Gasteiger charge is 2.47. The zero-order valence-electron chi connectivity index (χ0n) is 27.2. The number of benzene rings is 1. The number of amides is 1. The number of aliphatic imine (C=N–C) groups is 1. The number of hydrogen-bond acceptors (Lipinski definition) is 6. The molecule has 7 nitrogen and oxygen atoms in total. The summed E-state index contributed by atoms with van der Waals surface area (Å²) >= 11 is 6.08. The van der Waals surface area contributed by atoms with Gasteiger partial charge in [0.2, 0.25) is 0 Å². The molecule has 0 radical (unpaired) electrons. The Morgan fingerprint density at radius 3 is 2.44 bits per heavy atom. The van der Waals surface area contributed by atoms with E-state index in [0.29, 0.717) is 0 Å². The molecule has 0 saturated carbocycles. The number of fused-ring (bicyclic) bond motifs is 1. The van der Waals surface area contributed by atoms with E-state index in [2.05, 4.69) is 35.5 Å². The summed E-state index contributed by atoms with van der Waals surface area (Å²) in [5.74, 6) is -3.80. The second-order valence-corrected chi connectivity index (χ2v) is 12.4. The number of allylic oxidation sites excluding steroid dienone is 2. The molecule has 2 aromatic rings. The fourth-order valence-electron chi connectivity index (χ4n) is 5.25. The number of anilines is 1. The van der Waals surface area contributed by atoms with Crippen molar-refractivity contribution < 1.29 is 27.5 Å². The Balaban J connectivity index is 0.000000777. The van der Waals surface area contributed by atoms with Crippen LogP contribution in [0.3, 0.4) is 0 Å². The van der Waals surface area contributed by atoms with Gasteiger partial charge in [0.25, 0.3) is 5.91 Å². The lowest BCUT2D eigenvalue weighted by Crippen LogP contribution is -2.49. The molecule has 2 atom stereocenters. The van der Waals surface area contributed by atoms with Crippen LogP contribution in [0.4, 0.5) is 19.0 Å². The van der Waals surface area contributed by atoms with E-state index in [9.17, 15) is 14.0 Å². The third-order valence-corrected chi connectivity index (χ3v) is 7.60. The normalized spacial score (nSPS) is 17.3. The van der Waals surface area contributed by atoms with E-state index in [1.807, 2.05) is 27.7 Å². The summed E-state index contributed by atoms with van der Waals surface area (Å²) in [5, 5.41) is 3.01. The van der Waals surface area contributed by atoms with Crippen LogP contribution in [-0.4, -0.2) is 46.7 Å². The second-order valence-electron chi connectivity index (χ2n) is 12.0. The first kappa shape index (κ1) is 37.5. The molecule has 11 heteroatoms. The van der Waals surface area contributed by atoms with Crippen LogP contribution >= 0.6 is 11.6 Å². The molecule has 1 aliphatic heterocycles. The Bertz CT molecular complexity index is 1440. The van der Waals surface area contributed by atoms with Gasteiger partial charge in [-0.05, 0) is 59.4 Å². The van der Waals surface area contributed by atoms with Crippen LogP contribution in [0.1, 0.15) is 102 Å². The number of nitrogens with zero attached hydrogens (tertiary/aromatic N) is 3. The quantitative estimate of drug-likeness (QED) is 0.114. The number of halogens is 4. The smallest absolute Gasteiger partial charge is 0.303 e. The van der Waals surface area contributed by atoms with Gasteiger partial charge in [0.05, 0.1) is 10.6 Å². The number of esters is 1. The van der Waals surface area contributed by atoms with Crippen LogP contribution in [0.15, 0.2) is 53.7 Å². The Hall–Kier alpha value is -3.66. The molecule has 45 heavy (non-hydrogen) atoms. The molecule has 1 aromatic heterocycles. The van der Waals surface area contributed by atoms with Gasteiger partial charge in [-0.3, -0.25) is 14.5 Å². The Kier molecular flexibility index (Phi) is 13.4. The molecule has 2 unspecified atom stereocenters. The molecule has 0 saturated heterocycles. The van der Waals surface area contributed by atoms with Crippen LogP contribution in [0.2, 0.25) is 5.02 Å². The number of ether oxygens (including phenoxy) is 1. The number of carbonyl (C=O) groups excluding carboxylic acids is 2. The Morgan fingerprint density at radius 2 is 1.93 bits per heavy atom. The van der Waals surface area contributed by atoms with Crippen LogP contribution in [0, 0.1) is 11.6 Å². The lowest BCUT2D eigenvalue weighted by Gasteiger charge is -2.42. The largest absolute Gasteiger partial charge is 0.460 e.